The monoisotopic (exact) mass is 728 g/mol. The van der Waals surface area contributed by atoms with Gasteiger partial charge in [0.1, 0.15) is 11.2 Å². The Hall–Kier alpha value is -7.62. The van der Waals surface area contributed by atoms with E-state index in [0.29, 0.717) is 0 Å². The third kappa shape index (κ3) is 5.60. The van der Waals surface area contributed by atoms with Crippen molar-refractivity contribution in [2.75, 3.05) is 4.90 Å². The van der Waals surface area contributed by atoms with Gasteiger partial charge in [-0.05, 0) is 89.0 Å². The molecule has 0 unspecified atom stereocenters. The van der Waals surface area contributed by atoms with Crippen molar-refractivity contribution in [3.05, 3.63) is 218 Å². The minimum absolute atomic E-state index is 0.891. The lowest BCUT2D eigenvalue weighted by atomic mass is 9.97. The quantitative estimate of drug-likeness (QED) is 0.163. The Morgan fingerprint density at radius 2 is 0.965 bits per heavy atom. The summed E-state index contributed by atoms with van der Waals surface area (Å²) < 4.78 is 8.68. The van der Waals surface area contributed by atoms with E-state index in [1.165, 1.54) is 38.5 Å². The summed E-state index contributed by atoms with van der Waals surface area (Å²) in [6.45, 7) is 0. The minimum atomic E-state index is 0.891. The molecule has 0 aliphatic heterocycles. The van der Waals surface area contributed by atoms with E-state index in [1.54, 1.807) is 0 Å². The Morgan fingerprint density at radius 3 is 1.79 bits per heavy atom. The molecular weight excluding hydrogens is 693 g/mol. The van der Waals surface area contributed by atoms with Crippen molar-refractivity contribution in [1.82, 2.24) is 4.57 Å². The van der Waals surface area contributed by atoms with E-state index >= 15 is 0 Å². The lowest BCUT2D eigenvalue weighted by Crippen LogP contribution is -2.11. The number of para-hydroxylation sites is 4. The minimum Gasteiger partial charge on any atom is -0.456 e. The van der Waals surface area contributed by atoms with Crippen molar-refractivity contribution in [3.63, 3.8) is 0 Å². The zero-order valence-electron chi connectivity index (χ0n) is 31.1. The molecule has 57 heavy (non-hydrogen) atoms. The third-order valence-electron chi connectivity index (χ3n) is 11.2. The fraction of sp³-hybridized carbons (Fsp3) is 0. The fourth-order valence-electron chi connectivity index (χ4n) is 8.56. The van der Waals surface area contributed by atoms with Crippen LogP contribution in [0.4, 0.5) is 17.1 Å². The van der Waals surface area contributed by atoms with Crippen molar-refractivity contribution in [2.45, 2.75) is 0 Å². The van der Waals surface area contributed by atoms with Gasteiger partial charge < -0.3 is 13.9 Å². The van der Waals surface area contributed by atoms with E-state index in [0.717, 1.165) is 61.3 Å². The zero-order valence-corrected chi connectivity index (χ0v) is 31.1. The zero-order chi connectivity index (χ0) is 37.7. The molecular formula is C54H36N2O. The van der Waals surface area contributed by atoms with Gasteiger partial charge in [0.15, 0.2) is 0 Å². The SMILES string of the molecule is c1ccc(-c2ccc(-n3c4ccccc4c4ccc(N(c5ccccc5)c5ccccc5-c5ccc6oc7ccccc7c6c5)cc43)c(-c3ccccc3)c2)cc1. The molecule has 11 aromatic rings. The second kappa shape index (κ2) is 13.6. The van der Waals surface area contributed by atoms with Gasteiger partial charge in [-0.25, -0.2) is 0 Å². The van der Waals surface area contributed by atoms with E-state index < -0.39 is 0 Å². The molecule has 3 nitrogen and oxygen atoms in total. The number of hydrogen-bond donors (Lipinski definition) is 0. The summed E-state index contributed by atoms with van der Waals surface area (Å²) in [6.07, 6.45) is 0. The number of hydrogen-bond acceptors (Lipinski definition) is 2. The Balaban J connectivity index is 1.15. The van der Waals surface area contributed by atoms with Crippen LogP contribution in [0.15, 0.2) is 223 Å². The molecule has 11 rings (SSSR count). The van der Waals surface area contributed by atoms with Gasteiger partial charge >= 0.3 is 0 Å². The molecule has 0 atom stereocenters. The molecule has 0 bridgehead atoms. The van der Waals surface area contributed by atoms with E-state index in [4.69, 9.17) is 4.42 Å². The van der Waals surface area contributed by atoms with Crippen LogP contribution in [0.1, 0.15) is 0 Å². The van der Waals surface area contributed by atoms with Gasteiger partial charge in [0.25, 0.3) is 0 Å². The Kier molecular flexibility index (Phi) is 7.82. The van der Waals surface area contributed by atoms with Gasteiger partial charge in [0.05, 0.1) is 22.4 Å². The third-order valence-corrected chi connectivity index (χ3v) is 11.2. The lowest BCUT2D eigenvalue weighted by Gasteiger charge is -2.28. The van der Waals surface area contributed by atoms with Crippen LogP contribution >= 0.6 is 0 Å². The predicted molar refractivity (Wildman–Crippen MR) is 239 cm³/mol. The number of rotatable bonds is 7. The number of benzene rings is 9. The first-order valence-electron chi connectivity index (χ1n) is 19.4. The normalized spacial score (nSPS) is 11.5. The molecule has 0 aliphatic carbocycles. The average Bonchev–Trinajstić information content (AvgIpc) is 3.82. The standard InChI is InChI=1S/C54H36N2O/c1-4-16-37(17-5-1)39-28-32-51(47(34-39)38-18-6-2-7-19-38)56-50-26-14-11-23-44(50)45-31-30-42(36-52(45)56)55(41-20-8-3-9-21-41)49-25-13-10-22-43(49)40-29-33-54-48(35-40)46-24-12-15-27-53(46)57-54/h1-36H. The number of nitrogens with zero attached hydrogens (tertiary/aromatic N) is 2. The second-order valence-electron chi connectivity index (χ2n) is 14.5. The van der Waals surface area contributed by atoms with E-state index in [9.17, 15) is 0 Å². The van der Waals surface area contributed by atoms with E-state index in [-0.39, 0.29) is 0 Å². The van der Waals surface area contributed by atoms with E-state index in [1.807, 2.05) is 12.1 Å². The smallest absolute Gasteiger partial charge is 0.135 e. The lowest BCUT2D eigenvalue weighted by molar-refractivity contribution is 0.669. The van der Waals surface area contributed by atoms with Gasteiger partial charge in [0, 0.05) is 44.0 Å². The number of fused-ring (bicyclic) bond motifs is 6. The van der Waals surface area contributed by atoms with Crippen LogP contribution in [-0.2, 0) is 0 Å². The van der Waals surface area contributed by atoms with Gasteiger partial charge in [-0.2, -0.15) is 0 Å². The Bertz CT molecular complexity index is 3230. The summed E-state index contributed by atoms with van der Waals surface area (Å²) in [5.41, 5.74) is 15.5. The maximum absolute atomic E-state index is 6.23. The van der Waals surface area contributed by atoms with Crippen LogP contribution in [0.2, 0.25) is 0 Å². The van der Waals surface area contributed by atoms with Crippen LogP contribution in [0.25, 0.3) is 82.8 Å². The average molecular weight is 729 g/mol. The van der Waals surface area contributed by atoms with Gasteiger partial charge in [-0.1, -0.05) is 152 Å². The number of furan rings is 1. The molecule has 0 saturated heterocycles. The Morgan fingerprint density at radius 1 is 0.333 bits per heavy atom. The molecule has 2 heterocycles. The fourth-order valence-corrected chi connectivity index (χ4v) is 8.56. The van der Waals surface area contributed by atoms with Crippen molar-refractivity contribution in [1.29, 1.82) is 0 Å². The highest BCUT2D eigenvalue weighted by Gasteiger charge is 2.22. The highest BCUT2D eigenvalue weighted by Crippen LogP contribution is 2.45. The first kappa shape index (κ1) is 32.8. The molecule has 0 radical (unpaired) electrons. The van der Waals surface area contributed by atoms with Crippen LogP contribution in [0.5, 0.6) is 0 Å². The van der Waals surface area contributed by atoms with Gasteiger partial charge in [0.2, 0.25) is 0 Å². The predicted octanol–water partition coefficient (Wildman–Crippen LogP) is 15.2. The van der Waals surface area contributed by atoms with Gasteiger partial charge in [-0.3, -0.25) is 0 Å². The topological polar surface area (TPSA) is 21.3 Å². The first-order chi connectivity index (χ1) is 28.3. The molecule has 3 heteroatoms. The van der Waals surface area contributed by atoms with Crippen LogP contribution in [0.3, 0.4) is 0 Å². The second-order valence-corrected chi connectivity index (χ2v) is 14.5. The van der Waals surface area contributed by atoms with Crippen molar-refractivity contribution < 1.29 is 4.42 Å². The molecule has 0 amide bonds. The summed E-state index contributed by atoms with van der Waals surface area (Å²) in [7, 11) is 0. The number of aromatic nitrogens is 1. The molecule has 2 aromatic heterocycles. The maximum Gasteiger partial charge on any atom is 0.135 e. The Labute approximate surface area is 330 Å². The molecule has 268 valence electrons. The molecule has 0 N–H and O–H groups in total. The summed E-state index contributed by atoms with van der Waals surface area (Å²) in [4.78, 5) is 2.39. The van der Waals surface area contributed by atoms with E-state index in [2.05, 4.69) is 216 Å². The molecule has 0 saturated carbocycles. The summed E-state index contributed by atoms with van der Waals surface area (Å²) in [5, 5.41) is 4.66. The highest BCUT2D eigenvalue weighted by atomic mass is 16.3. The van der Waals surface area contributed by atoms with Crippen LogP contribution < -0.4 is 4.90 Å². The summed E-state index contributed by atoms with van der Waals surface area (Å²) >= 11 is 0. The van der Waals surface area contributed by atoms with Crippen LogP contribution in [0, 0.1) is 0 Å². The maximum atomic E-state index is 6.23. The van der Waals surface area contributed by atoms with Crippen molar-refractivity contribution in [3.8, 4) is 39.1 Å². The summed E-state index contributed by atoms with van der Waals surface area (Å²) in [6, 6.07) is 78.3. The molecule has 0 fully saturated rings. The molecule has 0 aliphatic rings. The van der Waals surface area contributed by atoms with Crippen molar-refractivity contribution in [2.24, 2.45) is 0 Å². The largest absolute Gasteiger partial charge is 0.456 e. The number of anilines is 3. The van der Waals surface area contributed by atoms with Crippen LogP contribution in [-0.4, -0.2) is 4.57 Å². The highest BCUT2D eigenvalue weighted by molar-refractivity contribution is 6.11. The molecule has 9 aromatic carbocycles. The van der Waals surface area contributed by atoms with Crippen molar-refractivity contribution >= 4 is 60.8 Å². The molecule has 0 spiro atoms. The summed E-state index contributed by atoms with van der Waals surface area (Å²) in [5.74, 6) is 0. The first-order valence-corrected chi connectivity index (χ1v) is 19.4. The van der Waals surface area contributed by atoms with Gasteiger partial charge in [-0.15, -0.1) is 0 Å².